The van der Waals surface area contributed by atoms with E-state index in [0.717, 1.165) is 6.42 Å². The Hall–Kier alpha value is -0.300. The molecule has 1 heteroatoms. The van der Waals surface area contributed by atoms with Crippen molar-refractivity contribution in [2.45, 2.75) is 67.4 Å². The van der Waals surface area contributed by atoms with E-state index in [1.807, 2.05) is 48.5 Å². The van der Waals surface area contributed by atoms with Crippen molar-refractivity contribution in [3.63, 3.8) is 0 Å². The van der Waals surface area contributed by atoms with E-state index in [4.69, 9.17) is 0 Å². The molecule has 0 unspecified atom stereocenters. The Morgan fingerprint density at radius 2 is 1.50 bits per heavy atom. The Morgan fingerprint density at radius 3 is 1.71 bits per heavy atom. The minimum Gasteiger partial charge on any atom is -0.390 e. The Labute approximate surface area is 91.2 Å². The number of allylic oxidation sites excluding steroid dienone is 1. The standard InChI is InChI=1S/C9H18O.2C2H6/c1-5-6-7-8(2)9(3,4)10;2*1-2/h6-8,10H,5H2,1-4H3;2*1-2H3/b7-6+;;/t8-;;/m0../s1. The highest BCUT2D eigenvalue weighted by molar-refractivity contribution is 4.92. The third-order valence-electron chi connectivity index (χ3n) is 1.77. The van der Waals surface area contributed by atoms with Crippen LogP contribution in [0.3, 0.4) is 0 Å². The molecule has 0 bridgehead atoms. The summed E-state index contributed by atoms with van der Waals surface area (Å²) in [6.07, 6.45) is 5.18. The van der Waals surface area contributed by atoms with Crippen molar-refractivity contribution < 1.29 is 5.11 Å². The summed E-state index contributed by atoms with van der Waals surface area (Å²) in [5, 5.41) is 9.46. The fourth-order valence-corrected chi connectivity index (χ4v) is 0.576. The van der Waals surface area contributed by atoms with Gasteiger partial charge in [0.1, 0.15) is 0 Å². The number of hydrogen-bond donors (Lipinski definition) is 1. The molecule has 0 aromatic rings. The molecule has 0 aliphatic heterocycles. The van der Waals surface area contributed by atoms with Crippen LogP contribution in [0, 0.1) is 5.92 Å². The zero-order chi connectivity index (χ0) is 12.2. The van der Waals surface area contributed by atoms with Gasteiger partial charge in [-0.3, -0.25) is 0 Å². The second-order valence-corrected chi connectivity index (χ2v) is 3.28. The first-order chi connectivity index (χ1) is 6.48. The monoisotopic (exact) mass is 202 g/mol. The zero-order valence-electron chi connectivity index (χ0n) is 11.4. The Kier molecular flexibility index (Phi) is 17.5. The van der Waals surface area contributed by atoms with Crippen molar-refractivity contribution in [1.29, 1.82) is 0 Å². The summed E-state index contributed by atoms with van der Waals surface area (Å²) in [5.74, 6) is 0.243. The quantitative estimate of drug-likeness (QED) is 0.672. The van der Waals surface area contributed by atoms with E-state index in [1.54, 1.807) is 0 Å². The minimum atomic E-state index is -0.578. The molecule has 0 aromatic carbocycles. The third kappa shape index (κ3) is 14.2. The molecule has 0 aliphatic rings. The van der Waals surface area contributed by atoms with E-state index in [0.29, 0.717) is 0 Å². The van der Waals surface area contributed by atoms with E-state index >= 15 is 0 Å². The fraction of sp³-hybridized carbons (Fsp3) is 0.846. The van der Waals surface area contributed by atoms with E-state index in [1.165, 1.54) is 0 Å². The van der Waals surface area contributed by atoms with Gasteiger partial charge in [-0.2, -0.15) is 0 Å². The second kappa shape index (κ2) is 12.7. The van der Waals surface area contributed by atoms with Crippen LogP contribution in [0.4, 0.5) is 0 Å². The predicted octanol–water partition coefficient (Wildman–Crippen LogP) is 4.41. The average molecular weight is 202 g/mol. The van der Waals surface area contributed by atoms with Crippen LogP contribution >= 0.6 is 0 Å². The van der Waals surface area contributed by atoms with Gasteiger partial charge in [-0.05, 0) is 20.3 Å². The van der Waals surface area contributed by atoms with Crippen LogP contribution in [0.5, 0.6) is 0 Å². The first-order valence-corrected chi connectivity index (χ1v) is 5.87. The van der Waals surface area contributed by atoms with Crippen molar-refractivity contribution in [2.75, 3.05) is 0 Å². The van der Waals surface area contributed by atoms with Crippen molar-refractivity contribution in [3.05, 3.63) is 12.2 Å². The maximum Gasteiger partial charge on any atom is 0.0651 e. The van der Waals surface area contributed by atoms with E-state index in [2.05, 4.69) is 19.1 Å². The highest BCUT2D eigenvalue weighted by atomic mass is 16.3. The zero-order valence-corrected chi connectivity index (χ0v) is 11.4. The fourth-order valence-electron chi connectivity index (χ4n) is 0.576. The molecule has 0 amide bonds. The SMILES string of the molecule is CC.CC.CC/C=C/[C@H](C)C(C)(C)O. The Bertz CT molecular complexity index is 109. The molecule has 0 rings (SSSR count). The minimum absolute atomic E-state index is 0.243. The molecular weight excluding hydrogens is 172 g/mol. The maximum absolute atomic E-state index is 9.46. The lowest BCUT2D eigenvalue weighted by atomic mass is 9.92. The van der Waals surface area contributed by atoms with Crippen LogP contribution in [0.15, 0.2) is 12.2 Å². The summed E-state index contributed by atoms with van der Waals surface area (Å²) >= 11 is 0. The molecule has 0 saturated heterocycles. The van der Waals surface area contributed by atoms with E-state index < -0.39 is 5.60 Å². The van der Waals surface area contributed by atoms with Gasteiger partial charge in [-0.25, -0.2) is 0 Å². The van der Waals surface area contributed by atoms with Gasteiger partial charge in [0.15, 0.2) is 0 Å². The van der Waals surface area contributed by atoms with Gasteiger partial charge in [-0.1, -0.05) is 53.7 Å². The lowest BCUT2D eigenvalue weighted by Crippen LogP contribution is -2.26. The average Bonchev–Trinajstić information content (AvgIpc) is 2.19. The summed E-state index contributed by atoms with van der Waals surface area (Å²) in [5.41, 5.74) is -0.578. The molecule has 1 N–H and O–H groups in total. The number of hydrogen-bond acceptors (Lipinski definition) is 1. The molecule has 0 heterocycles. The van der Waals surface area contributed by atoms with Crippen LogP contribution in [-0.2, 0) is 0 Å². The molecule has 88 valence electrons. The van der Waals surface area contributed by atoms with Crippen LogP contribution in [-0.4, -0.2) is 10.7 Å². The highest BCUT2D eigenvalue weighted by Gasteiger charge is 2.18. The van der Waals surface area contributed by atoms with Crippen LogP contribution in [0.1, 0.15) is 61.8 Å². The summed E-state index contributed by atoms with van der Waals surface area (Å²) in [4.78, 5) is 0. The molecular formula is C13H30O. The van der Waals surface area contributed by atoms with Crippen molar-refractivity contribution in [3.8, 4) is 0 Å². The first kappa shape index (κ1) is 19.3. The predicted molar refractivity (Wildman–Crippen MR) is 67.6 cm³/mol. The van der Waals surface area contributed by atoms with Gasteiger partial charge < -0.3 is 5.11 Å². The molecule has 0 aromatic heterocycles. The highest BCUT2D eigenvalue weighted by Crippen LogP contribution is 2.16. The lowest BCUT2D eigenvalue weighted by molar-refractivity contribution is 0.0440. The Balaban J connectivity index is -0.000000266. The van der Waals surface area contributed by atoms with E-state index in [-0.39, 0.29) is 5.92 Å². The molecule has 0 radical (unpaired) electrons. The summed E-state index contributed by atoms with van der Waals surface area (Å²) in [6, 6.07) is 0. The van der Waals surface area contributed by atoms with Gasteiger partial charge >= 0.3 is 0 Å². The largest absolute Gasteiger partial charge is 0.390 e. The topological polar surface area (TPSA) is 20.2 Å². The van der Waals surface area contributed by atoms with Crippen LogP contribution < -0.4 is 0 Å². The van der Waals surface area contributed by atoms with Crippen LogP contribution in [0.25, 0.3) is 0 Å². The number of rotatable bonds is 3. The Morgan fingerprint density at radius 1 is 1.14 bits per heavy atom. The number of aliphatic hydroxyl groups is 1. The summed E-state index contributed by atoms with van der Waals surface area (Å²) in [6.45, 7) is 15.8. The molecule has 0 saturated carbocycles. The van der Waals surface area contributed by atoms with Gasteiger partial charge in [0, 0.05) is 5.92 Å². The van der Waals surface area contributed by atoms with Crippen LogP contribution in [0.2, 0.25) is 0 Å². The third-order valence-corrected chi connectivity index (χ3v) is 1.77. The molecule has 0 aliphatic carbocycles. The van der Waals surface area contributed by atoms with Crippen molar-refractivity contribution in [2.24, 2.45) is 5.92 Å². The van der Waals surface area contributed by atoms with E-state index in [9.17, 15) is 5.11 Å². The maximum atomic E-state index is 9.46. The lowest BCUT2D eigenvalue weighted by Gasteiger charge is -2.22. The van der Waals surface area contributed by atoms with Crippen molar-refractivity contribution in [1.82, 2.24) is 0 Å². The van der Waals surface area contributed by atoms with Gasteiger partial charge in [-0.15, -0.1) is 0 Å². The molecule has 1 atom stereocenters. The first-order valence-electron chi connectivity index (χ1n) is 5.87. The molecule has 0 spiro atoms. The molecule has 14 heavy (non-hydrogen) atoms. The second-order valence-electron chi connectivity index (χ2n) is 3.28. The van der Waals surface area contributed by atoms with Gasteiger partial charge in [0.2, 0.25) is 0 Å². The van der Waals surface area contributed by atoms with Crippen molar-refractivity contribution >= 4 is 0 Å². The van der Waals surface area contributed by atoms with Gasteiger partial charge in [0.05, 0.1) is 5.60 Å². The summed E-state index contributed by atoms with van der Waals surface area (Å²) in [7, 11) is 0. The van der Waals surface area contributed by atoms with Gasteiger partial charge in [0.25, 0.3) is 0 Å². The summed E-state index contributed by atoms with van der Waals surface area (Å²) < 4.78 is 0. The normalized spacial score (nSPS) is 12.4. The smallest absolute Gasteiger partial charge is 0.0651 e. The molecule has 1 nitrogen and oxygen atoms in total. The molecule has 0 fully saturated rings.